The van der Waals surface area contributed by atoms with E-state index in [0.29, 0.717) is 3.57 Å². The van der Waals surface area contributed by atoms with Crippen molar-refractivity contribution in [2.75, 3.05) is 0 Å². The van der Waals surface area contributed by atoms with Crippen molar-refractivity contribution in [2.45, 2.75) is 18.9 Å². The molecule has 1 aromatic carbocycles. The van der Waals surface area contributed by atoms with Gasteiger partial charge in [0.2, 0.25) is 11.8 Å². The number of piperidine rings is 1. The Morgan fingerprint density at radius 3 is 2.79 bits per heavy atom. The third kappa shape index (κ3) is 3.28. The number of rotatable bonds is 2. The van der Waals surface area contributed by atoms with Gasteiger partial charge in [-0.3, -0.25) is 19.7 Å². The van der Waals surface area contributed by atoms with Crippen molar-refractivity contribution in [1.29, 1.82) is 0 Å². The third-order valence-electron chi connectivity index (χ3n) is 2.72. The van der Waals surface area contributed by atoms with E-state index in [1.54, 1.807) is 6.07 Å². The van der Waals surface area contributed by atoms with Gasteiger partial charge in [0.15, 0.2) is 0 Å². The van der Waals surface area contributed by atoms with Crippen molar-refractivity contribution in [2.24, 2.45) is 0 Å². The van der Waals surface area contributed by atoms with Crippen LogP contribution in [0.3, 0.4) is 0 Å². The molecule has 2 N–H and O–H groups in total. The molecule has 1 aliphatic rings. The minimum absolute atomic E-state index is 0.120. The van der Waals surface area contributed by atoms with Crippen LogP contribution in [0.15, 0.2) is 18.2 Å². The molecule has 0 aliphatic carbocycles. The van der Waals surface area contributed by atoms with Crippen molar-refractivity contribution in [1.82, 2.24) is 10.6 Å². The summed E-state index contributed by atoms with van der Waals surface area (Å²) < 4.78 is 14.3. The number of carbonyl (C=O) groups excluding carboxylic acids is 3. The zero-order chi connectivity index (χ0) is 14.0. The van der Waals surface area contributed by atoms with E-state index in [-0.39, 0.29) is 24.3 Å². The van der Waals surface area contributed by atoms with Crippen molar-refractivity contribution < 1.29 is 18.8 Å². The molecular formula is C12H10FIN2O3. The number of halogens is 2. The summed E-state index contributed by atoms with van der Waals surface area (Å²) in [5, 5.41) is 4.54. The molecule has 1 unspecified atom stereocenters. The molecule has 3 amide bonds. The number of amides is 3. The Morgan fingerprint density at radius 2 is 2.16 bits per heavy atom. The van der Waals surface area contributed by atoms with E-state index >= 15 is 0 Å². The monoisotopic (exact) mass is 376 g/mol. The van der Waals surface area contributed by atoms with Gasteiger partial charge < -0.3 is 5.32 Å². The average molecular weight is 376 g/mol. The van der Waals surface area contributed by atoms with Crippen molar-refractivity contribution in [3.63, 3.8) is 0 Å². The van der Waals surface area contributed by atoms with E-state index in [4.69, 9.17) is 0 Å². The summed E-state index contributed by atoms with van der Waals surface area (Å²) in [6, 6.07) is 3.39. The predicted octanol–water partition coefficient (Wildman–Crippen LogP) is 0.965. The van der Waals surface area contributed by atoms with Gasteiger partial charge in [0.25, 0.3) is 5.91 Å². The number of hydrogen-bond donors (Lipinski definition) is 2. The van der Waals surface area contributed by atoms with Crippen LogP contribution in [0.2, 0.25) is 0 Å². The molecule has 100 valence electrons. The Morgan fingerprint density at radius 1 is 1.42 bits per heavy atom. The van der Waals surface area contributed by atoms with Crippen LogP contribution >= 0.6 is 22.6 Å². The first-order valence-corrected chi connectivity index (χ1v) is 6.65. The highest BCUT2D eigenvalue weighted by Crippen LogP contribution is 2.13. The molecule has 1 fully saturated rings. The minimum atomic E-state index is -0.802. The van der Waals surface area contributed by atoms with E-state index in [0.717, 1.165) is 0 Å². The zero-order valence-electron chi connectivity index (χ0n) is 9.70. The summed E-state index contributed by atoms with van der Waals surface area (Å²) in [4.78, 5) is 34.3. The summed E-state index contributed by atoms with van der Waals surface area (Å²) in [5.41, 5.74) is -0.120. The number of nitrogens with one attached hydrogen (secondary N) is 2. The smallest absolute Gasteiger partial charge is 0.254 e. The molecule has 0 bridgehead atoms. The lowest BCUT2D eigenvalue weighted by molar-refractivity contribution is -0.134. The largest absolute Gasteiger partial charge is 0.340 e. The van der Waals surface area contributed by atoms with Gasteiger partial charge >= 0.3 is 0 Å². The molecule has 0 saturated carbocycles. The van der Waals surface area contributed by atoms with Crippen LogP contribution in [0.4, 0.5) is 4.39 Å². The number of benzene rings is 1. The molecule has 7 heteroatoms. The van der Waals surface area contributed by atoms with Gasteiger partial charge in [-0.1, -0.05) is 0 Å². The molecule has 1 atom stereocenters. The quantitative estimate of drug-likeness (QED) is 0.597. The highest BCUT2D eigenvalue weighted by molar-refractivity contribution is 14.1. The summed E-state index contributed by atoms with van der Waals surface area (Å²) in [5.74, 6) is -2.23. The molecule has 1 aliphatic heterocycles. The second-order valence-corrected chi connectivity index (χ2v) is 5.35. The van der Waals surface area contributed by atoms with E-state index in [1.807, 2.05) is 22.6 Å². The minimum Gasteiger partial charge on any atom is -0.340 e. The lowest BCUT2D eigenvalue weighted by Gasteiger charge is -2.21. The van der Waals surface area contributed by atoms with Gasteiger partial charge in [0.1, 0.15) is 11.9 Å². The van der Waals surface area contributed by atoms with Crippen LogP contribution in [0.5, 0.6) is 0 Å². The van der Waals surface area contributed by atoms with Crippen LogP contribution in [0.1, 0.15) is 23.2 Å². The molecule has 0 aromatic heterocycles. The molecule has 1 saturated heterocycles. The zero-order valence-corrected chi connectivity index (χ0v) is 11.9. The second-order valence-electron chi connectivity index (χ2n) is 4.10. The molecule has 1 aromatic rings. The molecule has 1 heterocycles. The second kappa shape index (κ2) is 5.64. The van der Waals surface area contributed by atoms with Gasteiger partial charge in [0.05, 0.1) is 5.56 Å². The Bertz CT molecular complexity index is 562. The van der Waals surface area contributed by atoms with E-state index in [2.05, 4.69) is 10.6 Å². The van der Waals surface area contributed by atoms with Crippen LogP contribution < -0.4 is 10.6 Å². The average Bonchev–Trinajstić information content (AvgIpc) is 2.32. The SMILES string of the molecule is O=C1CCC(NC(=O)c2ccc(I)cc2F)C(=O)N1. The van der Waals surface area contributed by atoms with Crippen LogP contribution in [0.25, 0.3) is 0 Å². The fourth-order valence-corrected chi connectivity index (χ4v) is 2.19. The van der Waals surface area contributed by atoms with Gasteiger partial charge in [-0.2, -0.15) is 0 Å². The van der Waals surface area contributed by atoms with E-state index < -0.39 is 23.7 Å². The van der Waals surface area contributed by atoms with E-state index in [9.17, 15) is 18.8 Å². The van der Waals surface area contributed by atoms with Gasteiger partial charge in [-0.15, -0.1) is 0 Å². The van der Waals surface area contributed by atoms with Gasteiger partial charge in [-0.25, -0.2) is 4.39 Å². The standard InChI is InChI=1S/C12H10FIN2O3/c13-8-5-6(14)1-2-7(8)11(18)15-9-3-4-10(17)16-12(9)19/h1-2,5,9H,3-4H2,(H,15,18)(H,16,17,19). The Hall–Kier alpha value is -1.51. The predicted molar refractivity (Wildman–Crippen MR) is 72.8 cm³/mol. The first kappa shape index (κ1) is 13.9. The first-order chi connectivity index (χ1) is 8.97. The summed E-state index contributed by atoms with van der Waals surface area (Å²) in [6.07, 6.45) is 0.383. The topological polar surface area (TPSA) is 75.3 Å². The number of carbonyl (C=O) groups is 3. The Balaban J connectivity index is 2.09. The Kier molecular flexibility index (Phi) is 4.13. The molecule has 0 radical (unpaired) electrons. The highest BCUT2D eigenvalue weighted by Gasteiger charge is 2.28. The molecule has 2 rings (SSSR count). The highest BCUT2D eigenvalue weighted by atomic mass is 127. The van der Waals surface area contributed by atoms with Crippen molar-refractivity contribution >= 4 is 40.3 Å². The molecule has 0 spiro atoms. The van der Waals surface area contributed by atoms with Crippen LogP contribution in [-0.2, 0) is 9.59 Å². The summed E-state index contributed by atoms with van der Waals surface area (Å²) in [7, 11) is 0. The van der Waals surface area contributed by atoms with Gasteiger partial charge in [-0.05, 0) is 47.2 Å². The fourth-order valence-electron chi connectivity index (χ4n) is 1.74. The van der Waals surface area contributed by atoms with Crippen LogP contribution in [-0.4, -0.2) is 23.8 Å². The third-order valence-corrected chi connectivity index (χ3v) is 3.39. The first-order valence-electron chi connectivity index (χ1n) is 5.57. The maximum Gasteiger partial charge on any atom is 0.254 e. The summed E-state index contributed by atoms with van der Waals surface area (Å²) in [6.45, 7) is 0. The van der Waals surface area contributed by atoms with Crippen molar-refractivity contribution in [3.05, 3.63) is 33.1 Å². The molecular weight excluding hydrogens is 366 g/mol. The lowest BCUT2D eigenvalue weighted by Crippen LogP contribution is -2.52. The maximum atomic E-state index is 13.6. The van der Waals surface area contributed by atoms with Crippen molar-refractivity contribution in [3.8, 4) is 0 Å². The van der Waals surface area contributed by atoms with Gasteiger partial charge in [0, 0.05) is 9.99 Å². The van der Waals surface area contributed by atoms with E-state index in [1.165, 1.54) is 12.1 Å². The molecule has 5 nitrogen and oxygen atoms in total. The Labute approximate surface area is 122 Å². The lowest BCUT2D eigenvalue weighted by atomic mass is 10.1. The number of hydrogen-bond acceptors (Lipinski definition) is 3. The maximum absolute atomic E-state index is 13.6. The van der Waals surface area contributed by atoms with Crippen LogP contribution in [0, 0.1) is 9.39 Å². The molecule has 19 heavy (non-hydrogen) atoms. The number of imide groups is 1. The summed E-state index contributed by atoms with van der Waals surface area (Å²) >= 11 is 1.93. The fraction of sp³-hybridized carbons (Fsp3) is 0.250. The normalized spacial score (nSPS) is 18.9.